The van der Waals surface area contributed by atoms with Crippen molar-refractivity contribution < 1.29 is 9.90 Å². The van der Waals surface area contributed by atoms with Gasteiger partial charge in [-0.2, -0.15) is 0 Å². The van der Waals surface area contributed by atoms with Crippen LogP contribution in [0.1, 0.15) is 25.0 Å². The third-order valence-electron chi connectivity index (χ3n) is 3.88. The maximum Gasteiger partial charge on any atom is 0.231 e. The van der Waals surface area contributed by atoms with Gasteiger partial charge < -0.3 is 10.4 Å². The van der Waals surface area contributed by atoms with Crippen molar-refractivity contribution in [1.82, 2.24) is 4.98 Å². The van der Waals surface area contributed by atoms with Crippen LogP contribution in [-0.4, -0.2) is 22.1 Å². The van der Waals surface area contributed by atoms with Gasteiger partial charge in [0.2, 0.25) is 5.91 Å². The molecule has 110 valence electrons. The summed E-state index contributed by atoms with van der Waals surface area (Å²) in [5.74, 6) is -0.414. The Hall–Kier alpha value is -1.72. The Morgan fingerprint density at radius 3 is 2.76 bits per heavy atom. The molecule has 3 rings (SSSR count). The monoisotopic (exact) mass is 302 g/mol. The number of nitrogens with one attached hydrogen (secondary N) is 1. The van der Waals surface area contributed by atoms with Crippen LogP contribution in [0.25, 0.3) is 10.4 Å². The molecule has 1 saturated carbocycles. The van der Waals surface area contributed by atoms with Gasteiger partial charge in [0.1, 0.15) is 0 Å². The first kappa shape index (κ1) is 14.2. The molecule has 2 atom stereocenters. The number of carbonyl (C=O) groups is 1. The van der Waals surface area contributed by atoms with Gasteiger partial charge in [-0.05, 0) is 31.7 Å². The summed E-state index contributed by atoms with van der Waals surface area (Å²) in [5.41, 5.74) is 2.02. The fourth-order valence-electron chi connectivity index (χ4n) is 2.75. The zero-order valence-electron chi connectivity index (χ0n) is 11.9. The van der Waals surface area contributed by atoms with Gasteiger partial charge in [-0.15, -0.1) is 0 Å². The summed E-state index contributed by atoms with van der Waals surface area (Å²) in [4.78, 5) is 17.7. The van der Waals surface area contributed by atoms with Crippen LogP contribution >= 0.6 is 11.3 Å². The summed E-state index contributed by atoms with van der Waals surface area (Å²) < 4.78 is 0. The van der Waals surface area contributed by atoms with E-state index in [1.54, 1.807) is 0 Å². The molecule has 1 fully saturated rings. The van der Waals surface area contributed by atoms with Gasteiger partial charge >= 0.3 is 0 Å². The summed E-state index contributed by atoms with van der Waals surface area (Å²) >= 11 is 1.48. The molecule has 1 amide bonds. The lowest BCUT2D eigenvalue weighted by atomic mass is 10.1. The summed E-state index contributed by atoms with van der Waals surface area (Å²) in [6, 6.07) is 10.0. The van der Waals surface area contributed by atoms with Crippen molar-refractivity contribution >= 4 is 22.4 Å². The van der Waals surface area contributed by atoms with Crippen molar-refractivity contribution in [2.45, 2.75) is 32.3 Å². The maximum atomic E-state index is 12.2. The Balaban J connectivity index is 1.77. The van der Waals surface area contributed by atoms with E-state index >= 15 is 0 Å². The summed E-state index contributed by atoms with van der Waals surface area (Å²) in [7, 11) is 0. The molecule has 2 aromatic rings. The Morgan fingerprint density at radius 1 is 1.33 bits per heavy atom. The molecule has 21 heavy (non-hydrogen) atoms. The van der Waals surface area contributed by atoms with Crippen molar-refractivity contribution in [3.63, 3.8) is 0 Å². The zero-order valence-corrected chi connectivity index (χ0v) is 12.7. The van der Waals surface area contributed by atoms with Gasteiger partial charge in [0, 0.05) is 0 Å². The highest BCUT2D eigenvalue weighted by Gasteiger charge is 2.31. The lowest BCUT2D eigenvalue weighted by molar-refractivity contribution is -0.122. The van der Waals surface area contributed by atoms with E-state index in [-0.39, 0.29) is 11.8 Å². The van der Waals surface area contributed by atoms with Crippen molar-refractivity contribution in [2.24, 2.45) is 5.92 Å². The van der Waals surface area contributed by atoms with E-state index in [1.807, 2.05) is 37.3 Å². The van der Waals surface area contributed by atoms with Crippen LogP contribution in [0.15, 0.2) is 30.3 Å². The first-order valence-corrected chi connectivity index (χ1v) is 7.98. The predicted molar refractivity (Wildman–Crippen MR) is 84.3 cm³/mol. The highest BCUT2D eigenvalue weighted by molar-refractivity contribution is 7.19. The number of aromatic nitrogens is 1. The van der Waals surface area contributed by atoms with Crippen molar-refractivity contribution in [3.05, 3.63) is 36.0 Å². The molecule has 1 aliphatic carbocycles. The minimum absolute atomic E-state index is 0.117. The second-order valence-electron chi connectivity index (χ2n) is 5.39. The topological polar surface area (TPSA) is 62.2 Å². The van der Waals surface area contributed by atoms with Crippen molar-refractivity contribution in [2.75, 3.05) is 5.32 Å². The fourth-order valence-corrected chi connectivity index (χ4v) is 3.73. The molecule has 0 saturated heterocycles. The predicted octanol–water partition coefficient (Wildman–Crippen LogP) is 3.22. The average molecular weight is 302 g/mol. The molecular weight excluding hydrogens is 284 g/mol. The molecule has 1 aromatic carbocycles. The lowest BCUT2D eigenvalue weighted by Crippen LogP contribution is -2.28. The van der Waals surface area contributed by atoms with E-state index in [0.29, 0.717) is 11.6 Å². The first-order chi connectivity index (χ1) is 10.1. The van der Waals surface area contributed by atoms with Gasteiger partial charge in [0.25, 0.3) is 0 Å². The summed E-state index contributed by atoms with van der Waals surface area (Å²) in [6.45, 7) is 1.94. The first-order valence-electron chi connectivity index (χ1n) is 7.17. The van der Waals surface area contributed by atoms with E-state index in [0.717, 1.165) is 29.0 Å². The van der Waals surface area contributed by atoms with Gasteiger partial charge in [-0.25, -0.2) is 4.98 Å². The van der Waals surface area contributed by atoms with E-state index in [4.69, 9.17) is 0 Å². The number of benzene rings is 1. The fraction of sp³-hybridized carbons (Fsp3) is 0.375. The molecule has 0 radical (unpaired) electrons. The van der Waals surface area contributed by atoms with E-state index in [9.17, 15) is 9.90 Å². The average Bonchev–Trinajstić information content (AvgIpc) is 3.06. The number of nitrogens with zero attached hydrogens (tertiary/aromatic N) is 1. The minimum atomic E-state index is -0.514. The third kappa shape index (κ3) is 2.99. The second-order valence-corrected chi connectivity index (χ2v) is 6.39. The number of carbonyl (C=O) groups excluding carboxylic acids is 1. The summed E-state index contributed by atoms with van der Waals surface area (Å²) in [6.07, 6.45) is 1.86. The highest BCUT2D eigenvalue weighted by Crippen LogP contribution is 2.33. The molecule has 1 heterocycles. The number of hydrogen-bond acceptors (Lipinski definition) is 4. The maximum absolute atomic E-state index is 12.2. The van der Waals surface area contributed by atoms with Crippen LogP contribution in [0.5, 0.6) is 0 Å². The Labute approximate surface area is 127 Å². The molecule has 1 aliphatic rings. The number of hydrogen-bond donors (Lipinski definition) is 2. The molecule has 0 aliphatic heterocycles. The number of anilines is 1. The SMILES string of the molecule is Cc1nc(NC(=O)C2CCCC2O)sc1-c1ccccc1. The van der Waals surface area contributed by atoms with Crippen LogP contribution < -0.4 is 5.32 Å². The van der Waals surface area contributed by atoms with Gasteiger partial charge in [0.05, 0.1) is 22.6 Å². The molecule has 5 heteroatoms. The van der Waals surface area contributed by atoms with E-state index < -0.39 is 6.10 Å². The van der Waals surface area contributed by atoms with E-state index in [2.05, 4.69) is 10.3 Å². The van der Waals surface area contributed by atoms with Crippen molar-refractivity contribution in [1.29, 1.82) is 0 Å². The van der Waals surface area contributed by atoms with E-state index in [1.165, 1.54) is 11.3 Å². The molecule has 0 bridgehead atoms. The van der Waals surface area contributed by atoms with Crippen LogP contribution in [0.2, 0.25) is 0 Å². The Morgan fingerprint density at radius 2 is 2.10 bits per heavy atom. The second kappa shape index (κ2) is 5.95. The number of aliphatic hydroxyl groups is 1. The normalized spacial score (nSPS) is 21.4. The summed E-state index contributed by atoms with van der Waals surface area (Å²) in [5, 5.41) is 13.3. The largest absolute Gasteiger partial charge is 0.392 e. The van der Waals surface area contributed by atoms with Crippen LogP contribution in [0.4, 0.5) is 5.13 Å². The smallest absolute Gasteiger partial charge is 0.231 e. The number of aryl methyl sites for hydroxylation is 1. The molecular formula is C16H18N2O2S. The minimum Gasteiger partial charge on any atom is -0.392 e. The highest BCUT2D eigenvalue weighted by atomic mass is 32.1. The standard InChI is InChI=1S/C16H18N2O2S/c1-10-14(11-6-3-2-4-7-11)21-16(17-10)18-15(20)12-8-5-9-13(12)19/h2-4,6-7,12-13,19H,5,8-9H2,1H3,(H,17,18,20). The number of thiazole rings is 1. The molecule has 2 unspecified atom stereocenters. The number of amides is 1. The molecule has 2 N–H and O–H groups in total. The van der Waals surface area contributed by atoms with Gasteiger partial charge in [-0.3, -0.25) is 4.79 Å². The van der Waals surface area contributed by atoms with Crippen LogP contribution in [-0.2, 0) is 4.79 Å². The Kier molecular flexibility index (Phi) is 4.03. The third-order valence-corrected chi connectivity index (χ3v) is 5.00. The Bertz CT molecular complexity index is 639. The van der Waals surface area contributed by atoms with Crippen LogP contribution in [0.3, 0.4) is 0 Å². The molecule has 1 aromatic heterocycles. The van der Waals surface area contributed by atoms with Crippen molar-refractivity contribution in [3.8, 4) is 10.4 Å². The zero-order chi connectivity index (χ0) is 14.8. The number of rotatable bonds is 3. The quantitative estimate of drug-likeness (QED) is 0.915. The molecule has 4 nitrogen and oxygen atoms in total. The van der Waals surface area contributed by atoms with Crippen LogP contribution in [0, 0.1) is 12.8 Å². The van der Waals surface area contributed by atoms with Gasteiger partial charge in [-0.1, -0.05) is 41.7 Å². The number of aliphatic hydroxyl groups excluding tert-OH is 1. The lowest BCUT2D eigenvalue weighted by Gasteiger charge is -2.12. The molecule has 0 spiro atoms. The van der Waals surface area contributed by atoms with Gasteiger partial charge in [0.15, 0.2) is 5.13 Å².